The second-order valence-corrected chi connectivity index (χ2v) is 7.19. The van der Waals surface area contributed by atoms with Crippen molar-refractivity contribution in [3.05, 3.63) is 28.2 Å². The zero-order valence-corrected chi connectivity index (χ0v) is 15.1. The van der Waals surface area contributed by atoms with Gasteiger partial charge in [0.25, 0.3) is 5.91 Å². The molecule has 1 N–H and O–H groups in total. The van der Waals surface area contributed by atoms with E-state index in [0.29, 0.717) is 12.3 Å². The number of hydrogen-bond acceptors (Lipinski definition) is 3. The first-order valence-corrected chi connectivity index (χ1v) is 7.83. The molecule has 0 aliphatic rings. The number of carbonyl (C=O) groups is 1. The van der Waals surface area contributed by atoms with E-state index in [1.165, 1.54) is 5.56 Å². The number of likely N-dealkylation sites (N-methyl/N-ethyl adjacent to an activating group) is 1. The fraction of sp³-hybridized carbons (Fsp3) is 0.562. The minimum Gasteiger partial charge on any atom is -0.483 e. The first-order chi connectivity index (χ1) is 9.70. The molecule has 1 rings (SSSR count). The normalized spacial score (nSPS) is 11.6. The van der Waals surface area contributed by atoms with Gasteiger partial charge in [-0.1, -0.05) is 26.8 Å². The summed E-state index contributed by atoms with van der Waals surface area (Å²) in [7, 11) is 3.94. The van der Waals surface area contributed by atoms with Gasteiger partial charge < -0.3 is 15.0 Å². The van der Waals surface area contributed by atoms with Crippen molar-refractivity contribution in [1.29, 1.82) is 0 Å². The molecule has 0 aliphatic heterocycles. The highest BCUT2D eigenvalue weighted by atomic mass is 79.9. The topological polar surface area (TPSA) is 41.6 Å². The van der Waals surface area contributed by atoms with Crippen molar-refractivity contribution in [2.75, 3.05) is 33.8 Å². The molecule has 21 heavy (non-hydrogen) atoms. The fourth-order valence-electron chi connectivity index (χ4n) is 1.70. The summed E-state index contributed by atoms with van der Waals surface area (Å²) in [6.45, 7) is 7.95. The number of rotatable bonds is 6. The molecular weight excluding hydrogens is 332 g/mol. The maximum atomic E-state index is 11.7. The zero-order valence-electron chi connectivity index (χ0n) is 13.5. The molecule has 1 aromatic rings. The highest BCUT2D eigenvalue weighted by Gasteiger charge is 2.15. The largest absolute Gasteiger partial charge is 0.483 e. The number of benzene rings is 1. The van der Waals surface area contributed by atoms with Gasteiger partial charge in [-0.05, 0) is 53.1 Å². The Kier molecular flexibility index (Phi) is 6.68. The van der Waals surface area contributed by atoms with Crippen LogP contribution in [0.25, 0.3) is 0 Å². The van der Waals surface area contributed by atoms with Gasteiger partial charge >= 0.3 is 0 Å². The van der Waals surface area contributed by atoms with Crippen molar-refractivity contribution in [2.24, 2.45) is 0 Å². The molecule has 0 fully saturated rings. The predicted molar refractivity (Wildman–Crippen MR) is 89.9 cm³/mol. The van der Waals surface area contributed by atoms with Gasteiger partial charge in [0.15, 0.2) is 6.61 Å². The van der Waals surface area contributed by atoms with Crippen LogP contribution in [0.2, 0.25) is 0 Å². The first-order valence-electron chi connectivity index (χ1n) is 7.04. The van der Waals surface area contributed by atoms with Crippen LogP contribution in [0.3, 0.4) is 0 Å². The SMILES string of the molecule is CN(C)CCNC(=O)COc1ccc(C(C)(C)C)cc1Br. The number of hydrogen-bond donors (Lipinski definition) is 1. The van der Waals surface area contributed by atoms with Crippen molar-refractivity contribution < 1.29 is 9.53 Å². The number of carbonyl (C=O) groups excluding carboxylic acids is 1. The minimum atomic E-state index is -0.108. The van der Waals surface area contributed by atoms with Gasteiger partial charge in [0, 0.05) is 13.1 Å². The van der Waals surface area contributed by atoms with Gasteiger partial charge in [-0.25, -0.2) is 0 Å². The van der Waals surface area contributed by atoms with E-state index in [-0.39, 0.29) is 17.9 Å². The summed E-state index contributed by atoms with van der Waals surface area (Å²) in [6, 6.07) is 5.97. The quantitative estimate of drug-likeness (QED) is 0.851. The molecule has 0 aliphatic carbocycles. The maximum absolute atomic E-state index is 11.7. The van der Waals surface area contributed by atoms with Crippen molar-refractivity contribution in [3.8, 4) is 5.75 Å². The van der Waals surface area contributed by atoms with Crippen LogP contribution in [0.1, 0.15) is 26.3 Å². The number of halogens is 1. The van der Waals surface area contributed by atoms with Gasteiger partial charge in [0.05, 0.1) is 4.47 Å². The van der Waals surface area contributed by atoms with Crippen LogP contribution in [-0.2, 0) is 10.2 Å². The third kappa shape index (κ3) is 6.48. The van der Waals surface area contributed by atoms with Gasteiger partial charge in [0.2, 0.25) is 0 Å². The molecule has 1 amide bonds. The van der Waals surface area contributed by atoms with E-state index in [1.807, 2.05) is 37.2 Å². The molecule has 4 nitrogen and oxygen atoms in total. The van der Waals surface area contributed by atoms with Crippen molar-refractivity contribution in [2.45, 2.75) is 26.2 Å². The Hall–Kier alpha value is -1.07. The van der Waals surface area contributed by atoms with Gasteiger partial charge in [-0.3, -0.25) is 4.79 Å². The Labute approximate surface area is 136 Å². The lowest BCUT2D eigenvalue weighted by atomic mass is 9.87. The summed E-state index contributed by atoms with van der Waals surface area (Å²) in [5.74, 6) is 0.578. The second kappa shape index (κ2) is 7.80. The molecule has 118 valence electrons. The third-order valence-electron chi connectivity index (χ3n) is 3.04. The predicted octanol–water partition coefficient (Wildman–Crippen LogP) is 2.80. The van der Waals surface area contributed by atoms with Crippen LogP contribution < -0.4 is 10.1 Å². The Morgan fingerprint density at radius 3 is 2.52 bits per heavy atom. The lowest BCUT2D eigenvalue weighted by Crippen LogP contribution is -2.34. The van der Waals surface area contributed by atoms with Gasteiger partial charge in [-0.2, -0.15) is 0 Å². The Balaban J connectivity index is 2.51. The molecule has 0 aromatic heterocycles. The molecule has 0 heterocycles. The molecule has 0 saturated heterocycles. The molecular formula is C16H25BrN2O2. The summed E-state index contributed by atoms with van der Waals surface area (Å²) in [6.07, 6.45) is 0. The van der Waals surface area contributed by atoms with Crippen LogP contribution in [0, 0.1) is 0 Å². The van der Waals surface area contributed by atoms with E-state index >= 15 is 0 Å². The highest BCUT2D eigenvalue weighted by Crippen LogP contribution is 2.31. The van der Waals surface area contributed by atoms with E-state index in [4.69, 9.17) is 4.74 Å². The molecule has 0 radical (unpaired) electrons. The summed E-state index contributed by atoms with van der Waals surface area (Å²) in [5.41, 5.74) is 1.31. The second-order valence-electron chi connectivity index (χ2n) is 6.34. The highest BCUT2D eigenvalue weighted by molar-refractivity contribution is 9.10. The summed E-state index contributed by atoms with van der Waals surface area (Å²) in [4.78, 5) is 13.7. The van der Waals surface area contributed by atoms with Crippen LogP contribution >= 0.6 is 15.9 Å². The van der Waals surface area contributed by atoms with Crippen molar-refractivity contribution >= 4 is 21.8 Å². The number of amides is 1. The van der Waals surface area contributed by atoms with Gasteiger partial charge in [-0.15, -0.1) is 0 Å². The Morgan fingerprint density at radius 2 is 2.00 bits per heavy atom. The molecule has 0 saturated carbocycles. The van der Waals surface area contributed by atoms with Crippen LogP contribution in [0.15, 0.2) is 22.7 Å². The Bertz CT molecular complexity index is 482. The fourth-order valence-corrected chi connectivity index (χ4v) is 2.19. The monoisotopic (exact) mass is 356 g/mol. The van der Waals surface area contributed by atoms with Crippen molar-refractivity contribution in [3.63, 3.8) is 0 Å². The van der Waals surface area contributed by atoms with E-state index in [0.717, 1.165) is 11.0 Å². The lowest BCUT2D eigenvalue weighted by molar-refractivity contribution is -0.123. The Morgan fingerprint density at radius 1 is 1.33 bits per heavy atom. The lowest BCUT2D eigenvalue weighted by Gasteiger charge is -2.20. The third-order valence-corrected chi connectivity index (χ3v) is 3.66. The van der Waals surface area contributed by atoms with Crippen LogP contribution in [-0.4, -0.2) is 44.6 Å². The molecule has 5 heteroatoms. The number of nitrogens with zero attached hydrogens (tertiary/aromatic N) is 1. The summed E-state index contributed by atoms with van der Waals surface area (Å²) < 4.78 is 6.42. The van der Waals surface area contributed by atoms with Crippen molar-refractivity contribution in [1.82, 2.24) is 10.2 Å². The van der Waals surface area contributed by atoms with E-state index in [9.17, 15) is 4.79 Å². The molecule has 1 aromatic carbocycles. The van der Waals surface area contributed by atoms with Crippen LogP contribution in [0.5, 0.6) is 5.75 Å². The van der Waals surface area contributed by atoms with E-state index in [2.05, 4.69) is 42.0 Å². The molecule has 0 spiro atoms. The summed E-state index contributed by atoms with van der Waals surface area (Å²) in [5, 5.41) is 2.82. The average Bonchev–Trinajstić information content (AvgIpc) is 2.35. The van der Waals surface area contributed by atoms with E-state index in [1.54, 1.807) is 0 Å². The molecule has 0 bridgehead atoms. The number of nitrogens with one attached hydrogen (secondary N) is 1. The van der Waals surface area contributed by atoms with Crippen LogP contribution in [0.4, 0.5) is 0 Å². The standard InChI is InChI=1S/C16H25BrN2O2/c1-16(2,3)12-6-7-14(13(17)10-12)21-11-15(20)18-8-9-19(4)5/h6-7,10H,8-9,11H2,1-5H3,(H,18,20). The maximum Gasteiger partial charge on any atom is 0.257 e. The molecule has 0 unspecified atom stereocenters. The average molecular weight is 357 g/mol. The zero-order chi connectivity index (χ0) is 16.0. The first kappa shape index (κ1) is 18.0. The van der Waals surface area contributed by atoms with Gasteiger partial charge in [0.1, 0.15) is 5.75 Å². The molecule has 0 atom stereocenters. The van der Waals surface area contributed by atoms with E-state index < -0.39 is 0 Å². The number of ether oxygens (including phenoxy) is 1. The minimum absolute atomic E-state index is 0.0287. The summed E-state index contributed by atoms with van der Waals surface area (Å²) >= 11 is 3.50. The smallest absolute Gasteiger partial charge is 0.257 e.